The fourth-order valence-electron chi connectivity index (χ4n) is 3.05. The Hall–Kier alpha value is -1.39. The van der Waals surface area contributed by atoms with Crippen molar-refractivity contribution in [1.29, 1.82) is 0 Å². The van der Waals surface area contributed by atoms with Crippen LogP contribution in [0.5, 0.6) is 0 Å². The molecule has 0 heterocycles. The molecule has 0 radical (unpaired) electrons. The normalized spacial score (nSPS) is 22.8. The van der Waals surface area contributed by atoms with Gasteiger partial charge in [0, 0.05) is 13.0 Å². The summed E-state index contributed by atoms with van der Waals surface area (Å²) in [7, 11) is 0. The highest BCUT2D eigenvalue weighted by Crippen LogP contribution is 2.30. The number of hydrogen-bond donors (Lipinski definition) is 2. The van der Waals surface area contributed by atoms with E-state index < -0.39 is 12.1 Å². The Morgan fingerprint density at radius 1 is 1.36 bits per heavy atom. The summed E-state index contributed by atoms with van der Waals surface area (Å²) < 4.78 is 5.69. The van der Waals surface area contributed by atoms with Crippen molar-refractivity contribution in [3.8, 4) is 0 Å². The first kappa shape index (κ1) is 21.7. The lowest BCUT2D eigenvalue weighted by atomic mass is 9.91. The molecular weight excluding hydrogens is 316 g/mol. The van der Waals surface area contributed by atoms with Crippen LogP contribution in [-0.4, -0.2) is 35.0 Å². The summed E-state index contributed by atoms with van der Waals surface area (Å²) in [5.74, 6) is 0.142. The van der Waals surface area contributed by atoms with Crippen LogP contribution < -0.4 is 0 Å². The number of ether oxygens (including phenoxy) is 1. The second kappa shape index (κ2) is 12.9. The summed E-state index contributed by atoms with van der Waals surface area (Å²) in [4.78, 5) is 10.5. The largest absolute Gasteiger partial charge is 0.481 e. The van der Waals surface area contributed by atoms with Crippen LogP contribution in [-0.2, 0) is 9.53 Å². The minimum absolute atomic E-state index is 0.130. The molecule has 0 saturated heterocycles. The summed E-state index contributed by atoms with van der Waals surface area (Å²) in [5, 5.41) is 18.9. The maximum absolute atomic E-state index is 10.5. The first-order valence-corrected chi connectivity index (χ1v) is 9.59. The van der Waals surface area contributed by atoms with Crippen LogP contribution >= 0.6 is 0 Å². The molecule has 0 saturated carbocycles. The summed E-state index contributed by atoms with van der Waals surface area (Å²) in [5.41, 5.74) is 0. The first-order chi connectivity index (χ1) is 12.1. The predicted octanol–water partition coefficient (Wildman–Crippen LogP) is 4.50. The van der Waals surface area contributed by atoms with Gasteiger partial charge in [-0.25, -0.2) is 0 Å². The number of aliphatic hydroxyl groups excluding tert-OH is 1. The molecule has 1 aliphatic rings. The van der Waals surface area contributed by atoms with Crippen LogP contribution in [0.3, 0.4) is 0 Å². The van der Waals surface area contributed by atoms with Gasteiger partial charge in [-0.2, -0.15) is 0 Å². The molecular formula is C21H34O4. The minimum atomic E-state index is -0.731. The van der Waals surface area contributed by atoms with Gasteiger partial charge in [0.25, 0.3) is 0 Å². The van der Waals surface area contributed by atoms with Gasteiger partial charge in [-0.1, -0.05) is 50.3 Å². The number of rotatable bonds is 13. The SMILES string of the molecule is CCCOC(CC)C(O)C=C[C@H]1C=CC[C@@H]1C/C=C\CCCC(=O)O. The van der Waals surface area contributed by atoms with Gasteiger partial charge in [-0.05, 0) is 50.4 Å². The van der Waals surface area contributed by atoms with Gasteiger partial charge in [0.1, 0.15) is 0 Å². The molecule has 0 aromatic rings. The number of unbranched alkanes of at least 4 members (excludes halogenated alkanes) is 1. The van der Waals surface area contributed by atoms with Gasteiger partial charge in [-0.15, -0.1) is 0 Å². The topological polar surface area (TPSA) is 66.8 Å². The standard InChI is InChI=1S/C21H34O4/c1-3-16-25-20(4-2)19(22)15-14-18-12-9-11-17(18)10-7-5-6-8-13-21(23)24/h5,7,9,12,14-15,17-20,22H,3-4,6,8,10-11,13,16H2,1-2H3,(H,23,24)/b7-5-,15-14?/t17-,18+,19?,20?/m0/s1. The third kappa shape index (κ3) is 9.03. The zero-order valence-corrected chi connectivity index (χ0v) is 15.6. The van der Waals surface area contributed by atoms with Gasteiger partial charge in [0.2, 0.25) is 0 Å². The van der Waals surface area contributed by atoms with E-state index in [1.165, 1.54) is 0 Å². The van der Waals surface area contributed by atoms with Gasteiger partial charge >= 0.3 is 5.97 Å². The molecule has 1 rings (SSSR count). The number of aliphatic carboxylic acids is 1. The van der Waals surface area contributed by atoms with E-state index in [0.717, 1.165) is 32.1 Å². The number of carboxylic acids is 1. The molecule has 2 N–H and O–H groups in total. The minimum Gasteiger partial charge on any atom is -0.481 e. The molecule has 2 unspecified atom stereocenters. The summed E-state index contributed by atoms with van der Waals surface area (Å²) in [6, 6.07) is 0. The molecule has 25 heavy (non-hydrogen) atoms. The van der Waals surface area contributed by atoms with Crippen LogP contribution in [0.2, 0.25) is 0 Å². The van der Waals surface area contributed by atoms with Gasteiger partial charge < -0.3 is 14.9 Å². The van der Waals surface area contributed by atoms with Crippen molar-refractivity contribution < 1.29 is 19.7 Å². The number of carboxylic acid groups (broad SMARTS) is 1. The zero-order chi connectivity index (χ0) is 18.5. The quantitative estimate of drug-likeness (QED) is 0.379. The van der Waals surface area contributed by atoms with E-state index in [2.05, 4.69) is 37.3 Å². The number of hydrogen-bond acceptors (Lipinski definition) is 3. The average molecular weight is 350 g/mol. The predicted molar refractivity (Wildman–Crippen MR) is 101 cm³/mol. The molecule has 1 aliphatic carbocycles. The van der Waals surface area contributed by atoms with E-state index in [1.54, 1.807) is 0 Å². The lowest BCUT2D eigenvalue weighted by molar-refractivity contribution is -0.137. The Bertz CT molecular complexity index is 453. The third-order valence-electron chi connectivity index (χ3n) is 4.56. The second-order valence-electron chi connectivity index (χ2n) is 6.69. The molecule has 0 amide bonds. The molecule has 0 aliphatic heterocycles. The summed E-state index contributed by atoms with van der Waals surface area (Å²) in [6.45, 7) is 4.78. The molecule has 4 heteroatoms. The lowest BCUT2D eigenvalue weighted by Gasteiger charge is -2.20. The molecule has 0 aromatic heterocycles. The van der Waals surface area contributed by atoms with Crippen molar-refractivity contribution in [2.45, 2.75) is 71.0 Å². The maximum atomic E-state index is 10.5. The summed E-state index contributed by atoms with van der Waals surface area (Å²) >= 11 is 0. The van der Waals surface area contributed by atoms with Crippen molar-refractivity contribution in [2.75, 3.05) is 6.61 Å². The van der Waals surface area contributed by atoms with Gasteiger partial charge in [-0.3, -0.25) is 4.79 Å². The van der Waals surface area contributed by atoms with Crippen molar-refractivity contribution >= 4 is 5.97 Å². The maximum Gasteiger partial charge on any atom is 0.303 e. The Kier molecular flexibility index (Phi) is 11.2. The lowest BCUT2D eigenvalue weighted by Crippen LogP contribution is -2.27. The molecule has 0 fully saturated rings. The molecule has 4 atom stereocenters. The Balaban J connectivity index is 2.39. The zero-order valence-electron chi connectivity index (χ0n) is 15.6. The second-order valence-corrected chi connectivity index (χ2v) is 6.69. The van der Waals surface area contributed by atoms with Gasteiger partial charge in [0.15, 0.2) is 0 Å². The van der Waals surface area contributed by atoms with Crippen LogP contribution in [0, 0.1) is 11.8 Å². The number of aliphatic hydroxyl groups is 1. The van der Waals surface area contributed by atoms with E-state index in [9.17, 15) is 9.90 Å². The van der Waals surface area contributed by atoms with Crippen LogP contribution in [0.15, 0.2) is 36.5 Å². The highest BCUT2D eigenvalue weighted by atomic mass is 16.5. The Morgan fingerprint density at radius 3 is 2.84 bits per heavy atom. The van der Waals surface area contributed by atoms with E-state index in [4.69, 9.17) is 9.84 Å². The fraction of sp³-hybridized carbons (Fsp3) is 0.667. The van der Waals surface area contributed by atoms with Crippen molar-refractivity contribution in [3.63, 3.8) is 0 Å². The summed E-state index contributed by atoms with van der Waals surface area (Å²) in [6.07, 6.45) is 17.5. The average Bonchev–Trinajstić information content (AvgIpc) is 3.04. The Morgan fingerprint density at radius 2 is 2.16 bits per heavy atom. The molecule has 0 aromatic carbocycles. The van der Waals surface area contributed by atoms with Crippen LogP contribution in [0.4, 0.5) is 0 Å². The van der Waals surface area contributed by atoms with Crippen molar-refractivity contribution in [2.24, 2.45) is 11.8 Å². The smallest absolute Gasteiger partial charge is 0.303 e. The highest BCUT2D eigenvalue weighted by molar-refractivity contribution is 5.66. The van der Waals surface area contributed by atoms with Crippen molar-refractivity contribution in [1.82, 2.24) is 0 Å². The molecule has 0 spiro atoms. The fourth-order valence-corrected chi connectivity index (χ4v) is 3.05. The van der Waals surface area contributed by atoms with Gasteiger partial charge in [0.05, 0.1) is 12.2 Å². The van der Waals surface area contributed by atoms with E-state index in [1.807, 2.05) is 13.0 Å². The molecule has 4 nitrogen and oxygen atoms in total. The third-order valence-corrected chi connectivity index (χ3v) is 4.56. The number of carbonyl (C=O) groups is 1. The first-order valence-electron chi connectivity index (χ1n) is 9.59. The van der Waals surface area contributed by atoms with Crippen molar-refractivity contribution in [3.05, 3.63) is 36.5 Å². The molecule has 0 bridgehead atoms. The van der Waals surface area contributed by atoms with Crippen LogP contribution in [0.25, 0.3) is 0 Å². The highest BCUT2D eigenvalue weighted by Gasteiger charge is 2.21. The van der Waals surface area contributed by atoms with E-state index in [-0.39, 0.29) is 12.5 Å². The van der Waals surface area contributed by atoms with E-state index >= 15 is 0 Å². The Labute approximate surface area is 152 Å². The van der Waals surface area contributed by atoms with Crippen LogP contribution in [0.1, 0.15) is 58.8 Å². The van der Waals surface area contributed by atoms with E-state index in [0.29, 0.717) is 24.9 Å². The molecule has 142 valence electrons. The number of allylic oxidation sites excluding steroid dienone is 5. The monoisotopic (exact) mass is 350 g/mol.